The van der Waals surface area contributed by atoms with Gasteiger partial charge in [-0.05, 0) is 17.5 Å². The third-order valence-corrected chi connectivity index (χ3v) is 4.53. The molecular weight excluding hydrogens is 357 g/mol. The van der Waals surface area contributed by atoms with Crippen LogP contribution in [0.5, 0.6) is 0 Å². The molecule has 144 valence electrons. The van der Waals surface area contributed by atoms with Gasteiger partial charge in [0.1, 0.15) is 5.82 Å². The van der Waals surface area contributed by atoms with Crippen LogP contribution in [0.15, 0.2) is 48.7 Å². The van der Waals surface area contributed by atoms with Crippen molar-refractivity contribution in [1.82, 2.24) is 14.7 Å². The topological polar surface area (TPSA) is 50.2 Å². The van der Waals surface area contributed by atoms with E-state index in [-0.39, 0.29) is 30.1 Å². The van der Waals surface area contributed by atoms with Crippen LogP contribution in [-0.2, 0) is 12.7 Å². The molecule has 0 fully saturated rings. The summed E-state index contributed by atoms with van der Waals surface area (Å²) in [5.74, 6) is 0.615. The van der Waals surface area contributed by atoms with Crippen LogP contribution in [-0.4, -0.2) is 33.3 Å². The fourth-order valence-electron chi connectivity index (χ4n) is 3.18. The molecule has 0 radical (unpaired) electrons. The van der Waals surface area contributed by atoms with Gasteiger partial charge in [0.25, 0.3) is 0 Å². The zero-order chi connectivity index (χ0) is 19.6. The van der Waals surface area contributed by atoms with Crippen molar-refractivity contribution in [3.05, 3.63) is 59.8 Å². The first kappa shape index (κ1) is 19.0. The number of nitrogens with zero attached hydrogens (tertiary/aromatic N) is 3. The standard InChI is InChI=1S/C19H21F3N4O/c1-13(2)16-8-5-11-25(16)18(27)24-17-9-10-23-26(17)12-14-6-3-4-7-15(14)19(20,21)22/h3-10,13,16H,11-12H2,1-2H3,(H,24,27)/t16-/m1/s1. The molecule has 1 aromatic heterocycles. The summed E-state index contributed by atoms with van der Waals surface area (Å²) >= 11 is 0. The SMILES string of the molecule is CC(C)[C@H]1C=CCN1C(=O)Nc1ccnn1Cc1ccccc1C(F)(F)F. The highest BCUT2D eigenvalue weighted by molar-refractivity contribution is 5.89. The first-order valence-corrected chi connectivity index (χ1v) is 8.68. The van der Waals surface area contributed by atoms with Gasteiger partial charge in [0, 0.05) is 12.6 Å². The minimum absolute atomic E-state index is 0.00710. The number of amides is 2. The number of hydrogen-bond donors (Lipinski definition) is 1. The Morgan fingerprint density at radius 2 is 2.04 bits per heavy atom. The van der Waals surface area contributed by atoms with Crippen molar-refractivity contribution < 1.29 is 18.0 Å². The van der Waals surface area contributed by atoms with E-state index < -0.39 is 11.7 Å². The maximum Gasteiger partial charge on any atom is 0.416 e. The van der Waals surface area contributed by atoms with Gasteiger partial charge < -0.3 is 4.90 Å². The number of urea groups is 1. The molecule has 0 aliphatic carbocycles. The van der Waals surface area contributed by atoms with Crippen LogP contribution in [0.25, 0.3) is 0 Å². The van der Waals surface area contributed by atoms with Crippen LogP contribution in [0.2, 0.25) is 0 Å². The monoisotopic (exact) mass is 378 g/mol. The maximum absolute atomic E-state index is 13.2. The highest BCUT2D eigenvalue weighted by Crippen LogP contribution is 2.32. The lowest BCUT2D eigenvalue weighted by Crippen LogP contribution is -2.42. The predicted molar refractivity (Wildman–Crippen MR) is 96.3 cm³/mol. The normalized spacial score (nSPS) is 17.0. The zero-order valence-corrected chi connectivity index (χ0v) is 15.1. The van der Waals surface area contributed by atoms with E-state index in [4.69, 9.17) is 0 Å². The first-order chi connectivity index (χ1) is 12.8. The Labute approximate surface area is 155 Å². The van der Waals surface area contributed by atoms with Crippen LogP contribution in [0.4, 0.5) is 23.8 Å². The summed E-state index contributed by atoms with van der Waals surface area (Å²) in [4.78, 5) is 14.3. The summed E-state index contributed by atoms with van der Waals surface area (Å²) in [5.41, 5.74) is -0.617. The number of aromatic nitrogens is 2. The summed E-state index contributed by atoms with van der Waals surface area (Å²) in [6.45, 7) is 4.46. The lowest BCUT2D eigenvalue weighted by molar-refractivity contribution is -0.138. The van der Waals surface area contributed by atoms with E-state index in [9.17, 15) is 18.0 Å². The average Bonchev–Trinajstić information content (AvgIpc) is 3.24. The molecule has 0 saturated heterocycles. The van der Waals surface area contributed by atoms with Crippen molar-refractivity contribution in [3.8, 4) is 0 Å². The molecule has 1 aliphatic rings. The molecule has 0 saturated carbocycles. The highest BCUT2D eigenvalue weighted by Gasteiger charge is 2.33. The summed E-state index contributed by atoms with van der Waals surface area (Å²) < 4.78 is 41.0. The second-order valence-corrected chi connectivity index (χ2v) is 6.77. The molecule has 27 heavy (non-hydrogen) atoms. The molecule has 1 atom stereocenters. The van der Waals surface area contributed by atoms with Crippen molar-refractivity contribution in [2.45, 2.75) is 32.6 Å². The molecule has 1 aromatic carbocycles. The van der Waals surface area contributed by atoms with Crippen LogP contribution >= 0.6 is 0 Å². The van der Waals surface area contributed by atoms with Crippen LogP contribution in [0.1, 0.15) is 25.0 Å². The van der Waals surface area contributed by atoms with E-state index in [2.05, 4.69) is 10.4 Å². The van der Waals surface area contributed by atoms with Crippen LogP contribution in [0.3, 0.4) is 0 Å². The van der Waals surface area contributed by atoms with Gasteiger partial charge in [-0.25, -0.2) is 9.48 Å². The number of nitrogens with one attached hydrogen (secondary N) is 1. The zero-order valence-electron chi connectivity index (χ0n) is 15.1. The predicted octanol–water partition coefficient (Wildman–Crippen LogP) is 4.38. The third kappa shape index (κ3) is 4.15. The number of anilines is 1. The number of carbonyl (C=O) groups is 1. The minimum Gasteiger partial charge on any atom is -0.314 e. The van der Waals surface area contributed by atoms with Gasteiger partial charge in [-0.3, -0.25) is 5.32 Å². The van der Waals surface area contributed by atoms with Gasteiger partial charge >= 0.3 is 12.2 Å². The molecule has 5 nitrogen and oxygen atoms in total. The van der Waals surface area contributed by atoms with Crippen LogP contribution < -0.4 is 5.32 Å². The number of carbonyl (C=O) groups excluding carboxylic acids is 1. The average molecular weight is 378 g/mol. The Hall–Kier alpha value is -2.77. The smallest absolute Gasteiger partial charge is 0.314 e. The fraction of sp³-hybridized carbons (Fsp3) is 0.368. The molecule has 2 amide bonds. The number of halogens is 3. The van der Waals surface area contributed by atoms with E-state index in [1.54, 1.807) is 17.0 Å². The summed E-state index contributed by atoms with van der Waals surface area (Å²) in [5, 5.41) is 6.83. The summed E-state index contributed by atoms with van der Waals surface area (Å²) in [6.07, 6.45) is 0.926. The van der Waals surface area contributed by atoms with E-state index in [1.165, 1.54) is 23.0 Å². The van der Waals surface area contributed by atoms with Gasteiger partial charge in [0.05, 0.1) is 24.3 Å². The van der Waals surface area contributed by atoms with Crippen molar-refractivity contribution in [3.63, 3.8) is 0 Å². The van der Waals surface area contributed by atoms with Crippen molar-refractivity contribution in [2.24, 2.45) is 5.92 Å². The number of hydrogen-bond acceptors (Lipinski definition) is 2. The number of benzene rings is 1. The number of alkyl halides is 3. The number of rotatable bonds is 4. The van der Waals surface area contributed by atoms with Crippen molar-refractivity contribution in [2.75, 3.05) is 11.9 Å². The quantitative estimate of drug-likeness (QED) is 0.803. The van der Waals surface area contributed by atoms with Gasteiger partial charge in [-0.1, -0.05) is 44.2 Å². The Balaban J connectivity index is 1.77. The molecule has 0 unspecified atom stereocenters. The lowest BCUT2D eigenvalue weighted by Gasteiger charge is -2.27. The van der Waals surface area contributed by atoms with Crippen molar-refractivity contribution in [1.29, 1.82) is 0 Å². The molecule has 2 aromatic rings. The minimum atomic E-state index is -4.45. The fourth-order valence-corrected chi connectivity index (χ4v) is 3.18. The van der Waals surface area contributed by atoms with Gasteiger partial charge in [-0.15, -0.1) is 0 Å². The van der Waals surface area contributed by atoms with E-state index in [1.807, 2.05) is 26.0 Å². The summed E-state index contributed by atoms with van der Waals surface area (Å²) in [7, 11) is 0. The second-order valence-electron chi connectivity index (χ2n) is 6.77. The largest absolute Gasteiger partial charge is 0.416 e. The molecule has 3 rings (SSSR count). The van der Waals surface area contributed by atoms with E-state index in [0.29, 0.717) is 12.4 Å². The van der Waals surface area contributed by atoms with Gasteiger partial charge in [0.2, 0.25) is 0 Å². The van der Waals surface area contributed by atoms with Crippen LogP contribution in [0, 0.1) is 5.92 Å². The molecule has 2 heterocycles. The first-order valence-electron chi connectivity index (χ1n) is 8.68. The summed E-state index contributed by atoms with van der Waals surface area (Å²) in [6, 6.07) is 6.62. The highest BCUT2D eigenvalue weighted by atomic mass is 19.4. The molecule has 0 spiro atoms. The second kappa shape index (κ2) is 7.46. The Morgan fingerprint density at radius 1 is 1.30 bits per heavy atom. The maximum atomic E-state index is 13.2. The Bertz CT molecular complexity index is 841. The van der Waals surface area contributed by atoms with E-state index >= 15 is 0 Å². The molecule has 0 bridgehead atoms. The molecule has 1 aliphatic heterocycles. The lowest BCUT2D eigenvalue weighted by atomic mass is 10.1. The van der Waals surface area contributed by atoms with Crippen molar-refractivity contribution >= 4 is 11.8 Å². The Morgan fingerprint density at radius 3 is 2.74 bits per heavy atom. The van der Waals surface area contributed by atoms with E-state index in [0.717, 1.165) is 6.07 Å². The van der Waals surface area contributed by atoms with Gasteiger partial charge in [-0.2, -0.15) is 18.3 Å². The third-order valence-electron chi connectivity index (χ3n) is 4.53. The molecular formula is C19H21F3N4O. The molecule has 1 N–H and O–H groups in total. The Kier molecular flexibility index (Phi) is 5.25. The van der Waals surface area contributed by atoms with Gasteiger partial charge in [0.15, 0.2) is 0 Å². The molecule has 8 heteroatoms.